The van der Waals surface area contributed by atoms with E-state index in [9.17, 15) is 0 Å². The summed E-state index contributed by atoms with van der Waals surface area (Å²) in [5.74, 6) is 1.81. The van der Waals surface area contributed by atoms with Gasteiger partial charge in [-0.05, 0) is 85.4 Å². The van der Waals surface area contributed by atoms with E-state index in [-0.39, 0.29) is 0 Å². The molecule has 11 aromatic carbocycles. The zero-order valence-corrected chi connectivity index (χ0v) is 36.8. The molecule has 3 aromatic heterocycles. The highest BCUT2D eigenvalue weighted by Crippen LogP contribution is 2.45. The number of hydrogen-bond acceptors (Lipinski definition) is 3. The fraction of sp³-hybridized carbons (Fsp3) is 0. The molecule has 316 valence electrons. The largest absolute Gasteiger partial charge is 0.308 e. The standard InChI is InChI=1S/C63H39N5/c1-4-18-40(19-5-1)43-33-36-57(53(38-43)44-32-34-49-47-26-11-10-24-45(47)46-25-12-13-27-48(46)54(49)39-44)67-55-30-16-14-28-50(55)51-35-37-58-59(60(51)67)52-29-15-17-31-56(52)68(58)63-65-61(41-20-6-2-7-21-41)64-62(66-63)42-22-8-3-9-23-42/h1-39H. The van der Waals surface area contributed by atoms with Gasteiger partial charge in [0.2, 0.25) is 5.95 Å². The van der Waals surface area contributed by atoms with Crippen molar-refractivity contribution < 1.29 is 0 Å². The van der Waals surface area contributed by atoms with Gasteiger partial charge in [-0.15, -0.1) is 0 Å². The van der Waals surface area contributed by atoms with Gasteiger partial charge < -0.3 is 4.57 Å². The van der Waals surface area contributed by atoms with Crippen molar-refractivity contribution in [2.45, 2.75) is 0 Å². The molecule has 0 aliphatic heterocycles. The topological polar surface area (TPSA) is 48.5 Å². The number of fused-ring (bicyclic) bond motifs is 13. The van der Waals surface area contributed by atoms with Crippen LogP contribution in [0.2, 0.25) is 0 Å². The first-order valence-electron chi connectivity index (χ1n) is 23.1. The molecule has 0 aliphatic rings. The third-order valence-electron chi connectivity index (χ3n) is 13.8. The second kappa shape index (κ2) is 15.2. The molecule has 0 saturated carbocycles. The predicted molar refractivity (Wildman–Crippen MR) is 283 cm³/mol. The first-order valence-corrected chi connectivity index (χ1v) is 23.1. The second-order valence-electron chi connectivity index (χ2n) is 17.5. The van der Waals surface area contributed by atoms with Crippen molar-refractivity contribution in [1.29, 1.82) is 0 Å². The van der Waals surface area contributed by atoms with Crippen molar-refractivity contribution in [1.82, 2.24) is 24.1 Å². The van der Waals surface area contributed by atoms with Crippen LogP contribution < -0.4 is 0 Å². The van der Waals surface area contributed by atoms with Crippen molar-refractivity contribution in [2.24, 2.45) is 0 Å². The fourth-order valence-corrected chi connectivity index (χ4v) is 10.7. The fourth-order valence-electron chi connectivity index (χ4n) is 10.7. The SMILES string of the molecule is c1ccc(-c2ccc(-n3c4ccccc4c4ccc5c(c6ccccc6n5-c5nc(-c6ccccc6)nc(-c6ccccc6)n5)c43)c(-c3ccc4c5ccccc5c5ccccc5c4c3)c2)cc1. The Kier molecular flexibility index (Phi) is 8.52. The highest BCUT2D eigenvalue weighted by atomic mass is 15.2. The normalized spacial score (nSPS) is 11.8. The van der Waals surface area contributed by atoms with Crippen LogP contribution in [-0.2, 0) is 0 Å². The number of aromatic nitrogens is 5. The number of rotatable bonds is 6. The first kappa shape index (κ1) is 38.1. The van der Waals surface area contributed by atoms with E-state index in [1.54, 1.807) is 0 Å². The Bertz CT molecular complexity index is 4210. The third kappa shape index (κ3) is 5.86. The average molecular weight is 866 g/mol. The lowest BCUT2D eigenvalue weighted by Gasteiger charge is -2.18. The molecule has 0 N–H and O–H groups in total. The molecular formula is C63H39N5. The highest BCUT2D eigenvalue weighted by Gasteiger charge is 2.24. The van der Waals surface area contributed by atoms with Gasteiger partial charge >= 0.3 is 0 Å². The Morgan fingerprint density at radius 2 is 0.735 bits per heavy atom. The molecule has 5 heteroatoms. The average Bonchev–Trinajstić information content (AvgIpc) is 3.94. The van der Waals surface area contributed by atoms with Gasteiger partial charge in [0.05, 0.1) is 27.8 Å². The van der Waals surface area contributed by atoms with Gasteiger partial charge in [-0.1, -0.05) is 200 Å². The van der Waals surface area contributed by atoms with Crippen molar-refractivity contribution in [3.05, 3.63) is 237 Å². The Morgan fingerprint density at radius 3 is 1.35 bits per heavy atom. The van der Waals surface area contributed by atoms with Gasteiger partial charge in [-0.2, -0.15) is 9.97 Å². The van der Waals surface area contributed by atoms with Crippen molar-refractivity contribution >= 4 is 75.9 Å². The summed E-state index contributed by atoms with van der Waals surface area (Å²) in [5, 5.41) is 12.1. The minimum Gasteiger partial charge on any atom is -0.308 e. The van der Waals surface area contributed by atoms with Crippen LogP contribution in [0.15, 0.2) is 237 Å². The van der Waals surface area contributed by atoms with Crippen molar-refractivity contribution in [3.63, 3.8) is 0 Å². The van der Waals surface area contributed by atoms with Crippen molar-refractivity contribution in [2.75, 3.05) is 0 Å². The zero-order chi connectivity index (χ0) is 44.7. The maximum Gasteiger partial charge on any atom is 0.238 e. The molecule has 0 saturated heterocycles. The van der Waals surface area contributed by atoms with Crippen LogP contribution in [0.5, 0.6) is 0 Å². The minimum absolute atomic E-state index is 0.565. The van der Waals surface area contributed by atoms with Gasteiger partial charge in [-0.3, -0.25) is 4.57 Å². The molecule has 68 heavy (non-hydrogen) atoms. The number of para-hydroxylation sites is 2. The van der Waals surface area contributed by atoms with E-state index >= 15 is 0 Å². The number of benzene rings is 11. The van der Waals surface area contributed by atoms with Crippen LogP contribution in [0.4, 0.5) is 0 Å². The molecule has 0 spiro atoms. The van der Waals surface area contributed by atoms with E-state index in [1.165, 1.54) is 48.7 Å². The molecule has 0 unspecified atom stereocenters. The summed E-state index contributed by atoms with van der Waals surface area (Å²) >= 11 is 0. The van der Waals surface area contributed by atoms with Crippen LogP contribution in [0.1, 0.15) is 0 Å². The Labute approximate surface area is 391 Å². The second-order valence-corrected chi connectivity index (χ2v) is 17.5. The lowest BCUT2D eigenvalue weighted by molar-refractivity contribution is 0.953. The molecule has 14 rings (SSSR count). The molecule has 5 nitrogen and oxygen atoms in total. The smallest absolute Gasteiger partial charge is 0.238 e. The summed E-state index contributed by atoms with van der Waals surface area (Å²) in [6, 6.07) is 84.8. The molecule has 14 aromatic rings. The van der Waals surface area contributed by atoms with Gasteiger partial charge in [0.25, 0.3) is 0 Å². The predicted octanol–water partition coefficient (Wildman–Crippen LogP) is 16.2. The summed E-state index contributed by atoms with van der Waals surface area (Å²) < 4.78 is 4.74. The van der Waals surface area contributed by atoms with Crippen LogP contribution in [0, 0.1) is 0 Å². The Balaban J connectivity index is 1.09. The maximum atomic E-state index is 5.27. The molecular weight excluding hydrogens is 827 g/mol. The summed E-state index contributed by atoms with van der Waals surface area (Å²) in [5.41, 5.74) is 11.9. The summed E-state index contributed by atoms with van der Waals surface area (Å²) in [6.45, 7) is 0. The lowest BCUT2D eigenvalue weighted by atomic mass is 9.91. The van der Waals surface area contributed by atoms with Crippen LogP contribution in [-0.4, -0.2) is 24.1 Å². The van der Waals surface area contributed by atoms with Crippen LogP contribution >= 0.6 is 0 Å². The van der Waals surface area contributed by atoms with E-state index in [4.69, 9.17) is 15.0 Å². The van der Waals surface area contributed by atoms with E-state index in [2.05, 4.69) is 209 Å². The lowest BCUT2D eigenvalue weighted by Crippen LogP contribution is -2.06. The minimum atomic E-state index is 0.565. The van der Waals surface area contributed by atoms with E-state index < -0.39 is 0 Å². The van der Waals surface area contributed by atoms with Crippen LogP contribution in [0.25, 0.3) is 133 Å². The monoisotopic (exact) mass is 865 g/mol. The maximum absolute atomic E-state index is 5.27. The quantitative estimate of drug-likeness (QED) is 0.156. The zero-order valence-electron chi connectivity index (χ0n) is 36.8. The summed E-state index contributed by atoms with van der Waals surface area (Å²) in [6.07, 6.45) is 0. The molecule has 3 heterocycles. The molecule has 0 atom stereocenters. The molecule has 0 aliphatic carbocycles. The molecule has 0 fully saturated rings. The molecule has 0 radical (unpaired) electrons. The summed E-state index contributed by atoms with van der Waals surface area (Å²) in [4.78, 5) is 15.6. The number of nitrogens with zero attached hydrogens (tertiary/aromatic N) is 5. The Morgan fingerprint density at radius 1 is 0.265 bits per heavy atom. The van der Waals surface area contributed by atoms with Crippen molar-refractivity contribution in [3.8, 4) is 56.7 Å². The highest BCUT2D eigenvalue weighted by molar-refractivity contribution is 6.27. The Hall–Kier alpha value is -9.19. The molecule has 0 amide bonds. The van der Waals surface area contributed by atoms with E-state index in [0.717, 1.165) is 66.3 Å². The van der Waals surface area contributed by atoms with Gasteiger partial charge in [-0.25, -0.2) is 4.98 Å². The third-order valence-corrected chi connectivity index (χ3v) is 13.8. The van der Waals surface area contributed by atoms with E-state index in [0.29, 0.717) is 17.6 Å². The van der Waals surface area contributed by atoms with Gasteiger partial charge in [0.15, 0.2) is 11.6 Å². The van der Waals surface area contributed by atoms with Gasteiger partial charge in [0, 0.05) is 38.2 Å². The van der Waals surface area contributed by atoms with E-state index in [1.807, 2.05) is 36.4 Å². The molecule has 0 bridgehead atoms. The van der Waals surface area contributed by atoms with Crippen LogP contribution in [0.3, 0.4) is 0 Å². The number of hydrogen-bond donors (Lipinski definition) is 0. The summed E-state index contributed by atoms with van der Waals surface area (Å²) in [7, 11) is 0. The first-order chi connectivity index (χ1) is 33.7. The van der Waals surface area contributed by atoms with Gasteiger partial charge in [0.1, 0.15) is 0 Å².